The number of aliphatic carboxylic acids is 1. The van der Waals surface area contributed by atoms with Crippen molar-refractivity contribution < 1.29 is 14.7 Å². The zero-order valence-corrected chi connectivity index (χ0v) is 7.76. The number of nitrogens with one attached hydrogen (secondary N) is 1. The molecule has 0 aromatic rings. The molecule has 0 radical (unpaired) electrons. The van der Waals surface area contributed by atoms with Crippen LogP contribution in [-0.2, 0) is 9.59 Å². The van der Waals surface area contributed by atoms with Gasteiger partial charge in [0.15, 0.2) is 0 Å². The van der Waals surface area contributed by atoms with Gasteiger partial charge in [-0.3, -0.25) is 9.59 Å². The summed E-state index contributed by atoms with van der Waals surface area (Å²) in [5.41, 5.74) is -0.713. The summed E-state index contributed by atoms with van der Waals surface area (Å²) >= 11 is 0. The predicted octanol–water partition coefficient (Wildman–Crippen LogP) is 0.379. The highest BCUT2D eigenvalue weighted by Gasteiger charge is 2.16. The highest BCUT2D eigenvalue weighted by atomic mass is 16.4. The molecule has 0 saturated heterocycles. The van der Waals surface area contributed by atoms with Crippen molar-refractivity contribution in [2.75, 3.05) is 0 Å². The van der Waals surface area contributed by atoms with Gasteiger partial charge in [-0.25, -0.2) is 0 Å². The summed E-state index contributed by atoms with van der Waals surface area (Å²) in [5.74, 6) is 1.05. The van der Waals surface area contributed by atoms with Gasteiger partial charge >= 0.3 is 5.97 Å². The van der Waals surface area contributed by atoms with Crippen LogP contribution in [0.15, 0.2) is 0 Å². The molecule has 0 rings (SSSR count). The van der Waals surface area contributed by atoms with Gasteiger partial charge in [0, 0.05) is 6.42 Å². The second-order valence-corrected chi connectivity index (χ2v) is 3.21. The summed E-state index contributed by atoms with van der Waals surface area (Å²) < 4.78 is 0. The first-order chi connectivity index (χ1) is 5.87. The molecular formula is C9H13NO3. The molecule has 0 spiro atoms. The molecule has 0 atom stereocenters. The van der Waals surface area contributed by atoms with Crippen LogP contribution in [0.5, 0.6) is 0 Å². The Kier molecular flexibility index (Phi) is 3.99. The average molecular weight is 183 g/mol. The van der Waals surface area contributed by atoms with E-state index in [0.29, 0.717) is 0 Å². The van der Waals surface area contributed by atoms with Gasteiger partial charge in [-0.15, -0.1) is 6.42 Å². The zero-order chi connectivity index (χ0) is 10.5. The van der Waals surface area contributed by atoms with Gasteiger partial charge in [-0.2, -0.15) is 0 Å². The Morgan fingerprint density at radius 3 is 2.38 bits per heavy atom. The van der Waals surface area contributed by atoms with Gasteiger partial charge in [0.25, 0.3) is 0 Å². The highest BCUT2D eigenvalue weighted by Crippen LogP contribution is 2.00. The Morgan fingerprint density at radius 2 is 2.00 bits per heavy atom. The molecule has 0 heterocycles. The summed E-state index contributed by atoms with van der Waals surface area (Å²) in [7, 11) is 0. The van der Waals surface area contributed by atoms with E-state index in [2.05, 4.69) is 11.2 Å². The van der Waals surface area contributed by atoms with E-state index in [9.17, 15) is 9.59 Å². The fourth-order valence-corrected chi connectivity index (χ4v) is 0.668. The largest absolute Gasteiger partial charge is 0.481 e. The van der Waals surface area contributed by atoms with Crippen LogP contribution in [0.1, 0.15) is 26.7 Å². The van der Waals surface area contributed by atoms with Crippen molar-refractivity contribution in [1.29, 1.82) is 0 Å². The molecule has 0 unspecified atom stereocenters. The van der Waals surface area contributed by atoms with Crippen LogP contribution in [0.2, 0.25) is 0 Å². The lowest BCUT2D eigenvalue weighted by atomic mass is 10.1. The molecular weight excluding hydrogens is 170 g/mol. The van der Waals surface area contributed by atoms with E-state index in [0.717, 1.165) is 0 Å². The van der Waals surface area contributed by atoms with E-state index in [4.69, 9.17) is 11.5 Å². The lowest BCUT2D eigenvalue weighted by molar-refractivity contribution is -0.139. The summed E-state index contributed by atoms with van der Waals surface area (Å²) in [4.78, 5) is 21.2. The topological polar surface area (TPSA) is 66.4 Å². The SMILES string of the molecule is C#CC(C)(C)NC(=O)CCC(=O)O. The van der Waals surface area contributed by atoms with Gasteiger partial charge < -0.3 is 10.4 Å². The fraction of sp³-hybridized carbons (Fsp3) is 0.556. The van der Waals surface area contributed by atoms with E-state index in [1.165, 1.54) is 0 Å². The third-order valence-electron chi connectivity index (χ3n) is 1.38. The Labute approximate surface area is 77.3 Å². The number of carboxylic acid groups (broad SMARTS) is 1. The average Bonchev–Trinajstić information content (AvgIpc) is 2.00. The fourth-order valence-electron chi connectivity index (χ4n) is 0.668. The van der Waals surface area contributed by atoms with Crippen molar-refractivity contribution in [2.24, 2.45) is 0 Å². The predicted molar refractivity (Wildman–Crippen MR) is 47.9 cm³/mol. The molecule has 4 heteroatoms. The molecule has 0 saturated carbocycles. The van der Waals surface area contributed by atoms with E-state index in [-0.39, 0.29) is 18.7 Å². The van der Waals surface area contributed by atoms with Crippen molar-refractivity contribution in [3.8, 4) is 12.3 Å². The smallest absolute Gasteiger partial charge is 0.303 e. The Balaban J connectivity index is 3.90. The number of terminal acetylenes is 1. The van der Waals surface area contributed by atoms with Crippen molar-refractivity contribution >= 4 is 11.9 Å². The number of carbonyl (C=O) groups excluding carboxylic acids is 1. The maximum atomic E-state index is 11.1. The molecule has 2 N–H and O–H groups in total. The van der Waals surface area contributed by atoms with Crippen molar-refractivity contribution in [1.82, 2.24) is 5.32 Å². The maximum Gasteiger partial charge on any atom is 0.303 e. The quantitative estimate of drug-likeness (QED) is 0.619. The van der Waals surface area contributed by atoms with Gasteiger partial charge in [0.1, 0.15) is 0 Å². The number of carboxylic acids is 1. The van der Waals surface area contributed by atoms with E-state index >= 15 is 0 Å². The van der Waals surface area contributed by atoms with Crippen molar-refractivity contribution in [3.63, 3.8) is 0 Å². The normalized spacial score (nSPS) is 10.2. The number of hydrogen-bond acceptors (Lipinski definition) is 2. The molecule has 13 heavy (non-hydrogen) atoms. The third-order valence-corrected chi connectivity index (χ3v) is 1.38. The number of hydrogen-bond donors (Lipinski definition) is 2. The Hall–Kier alpha value is -1.50. The van der Waals surface area contributed by atoms with Crippen molar-refractivity contribution in [3.05, 3.63) is 0 Å². The second-order valence-electron chi connectivity index (χ2n) is 3.21. The van der Waals surface area contributed by atoms with Crippen LogP contribution in [0.3, 0.4) is 0 Å². The summed E-state index contributed by atoms with van der Waals surface area (Å²) in [5, 5.41) is 10.8. The Morgan fingerprint density at radius 1 is 1.46 bits per heavy atom. The molecule has 0 aromatic carbocycles. The maximum absolute atomic E-state index is 11.1. The number of amides is 1. The molecule has 1 amide bonds. The molecule has 0 aliphatic carbocycles. The van der Waals surface area contributed by atoms with E-state index in [1.54, 1.807) is 13.8 Å². The van der Waals surface area contributed by atoms with Gasteiger partial charge in [-0.05, 0) is 13.8 Å². The Bertz CT molecular complexity index is 250. The van der Waals surface area contributed by atoms with E-state index < -0.39 is 11.5 Å². The molecule has 72 valence electrons. The second kappa shape index (κ2) is 4.51. The standard InChI is InChI=1S/C9H13NO3/c1-4-9(2,3)10-7(11)5-6-8(12)13/h1H,5-6H2,2-3H3,(H,10,11)(H,12,13). The van der Waals surface area contributed by atoms with Crippen LogP contribution in [0.4, 0.5) is 0 Å². The molecule has 0 aliphatic rings. The minimum Gasteiger partial charge on any atom is -0.481 e. The number of carbonyl (C=O) groups is 2. The monoisotopic (exact) mass is 183 g/mol. The van der Waals surface area contributed by atoms with Crippen LogP contribution in [-0.4, -0.2) is 22.5 Å². The first-order valence-corrected chi connectivity index (χ1v) is 3.88. The summed E-state index contributed by atoms with van der Waals surface area (Å²) in [6, 6.07) is 0. The van der Waals surface area contributed by atoms with Crippen LogP contribution < -0.4 is 5.32 Å². The lowest BCUT2D eigenvalue weighted by Crippen LogP contribution is -2.42. The molecule has 0 fully saturated rings. The van der Waals surface area contributed by atoms with E-state index in [1.807, 2.05) is 0 Å². The zero-order valence-electron chi connectivity index (χ0n) is 7.76. The highest BCUT2D eigenvalue weighted by molar-refractivity contribution is 5.81. The summed E-state index contributed by atoms with van der Waals surface area (Å²) in [6.07, 6.45) is 4.91. The first-order valence-electron chi connectivity index (χ1n) is 3.88. The molecule has 0 aliphatic heterocycles. The lowest BCUT2D eigenvalue weighted by Gasteiger charge is -2.18. The van der Waals surface area contributed by atoms with Crippen LogP contribution in [0.25, 0.3) is 0 Å². The first kappa shape index (κ1) is 11.5. The molecule has 0 bridgehead atoms. The minimum absolute atomic E-state index is 0.0412. The van der Waals surface area contributed by atoms with Crippen molar-refractivity contribution in [2.45, 2.75) is 32.2 Å². The summed E-state index contributed by atoms with van der Waals surface area (Å²) in [6.45, 7) is 3.34. The van der Waals surface area contributed by atoms with Crippen LogP contribution in [0, 0.1) is 12.3 Å². The molecule has 0 aromatic heterocycles. The van der Waals surface area contributed by atoms with Crippen LogP contribution >= 0.6 is 0 Å². The van der Waals surface area contributed by atoms with Gasteiger partial charge in [0.2, 0.25) is 5.91 Å². The number of rotatable bonds is 4. The molecule has 4 nitrogen and oxygen atoms in total. The van der Waals surface area contributed by atoms with Gasteiger partial charge in [0.05, 0.1) is 12.0 Å². The third kappa shape index (κ3) is 5.74. The van der Waals surface area contributed by atoms with Gasteiger partial charge in [-0.1, -0.05) is 5.92 Å². The minimum atomic E-state index is -0.992.